The molecule has 3 nitrogen and oxygen atoms in total. The van der Waals surface area contributed by atoms with Gasteiger partial charge in [0.05, 0.1) is 14.2 Å². The predicted molar refractivity (Wildman–Crippen MR) is 69.1 cm³/mol. The van der Waals surface area contributed by atoms with E-state index in [0.717, 1.165) is 11.5 Å². The van der Waals surface area contributed by atoms with Crippen LogP contribution in [0.5, 0.6) is 11.5 Å². The molecule has 0 unspecified atom stereocenters. The van der Waals surface area contributed by atoms with Gasteiger partial charge in [-0.25, -0.2) is 0 Å². The van der Waals surface area contributed by atoms with Crippen molar-refractivity contribution in [1.29, 1.82) is 0 Å². The van der Waals surface area contributed by atoms with Gasteiger partial charge in [-0.2, -0.15) is 0 Å². The van der Waals surface area contributed by atoms with E-state index in [1.54, 1.807) is 14.2 Å². The maximum Gasteiger partial charge on any atom is 0.161 e. The molecule has 17 heavy (non-hydrogen) atoms. The van der Waals surface area contributed by atoms with E-state index >= 15 is 0 Å². The topological polar surface area (TPSA) is 30.5 Å². The maximum atomic E-state index is 5.36. The van der Waals surface area contributed by atoms with Crippen LogP contribution in [0.2, 0.25) is 0 Å². The van der Waals surface area contributed by atoms with E-state index in [4.69, 9.17) is 9.47 Å². The highest BCUT2D eigenvalue weighted by Crippen LogP contribution is 2.42. The summed E-state index contributed by atoms with van der Waals surface area (Å²) in [7, 11) is 5.40. The van der Waals surface area contributed by atoms with Crippen molar-refractivity contribution in [2.45, 2.75) is 31.7 Å². The molecule has 0 saturated heterocycles. The zero-order valence-corrected chi connectivity index (χ0v) is 11.0. The van der Waals surface area contributed by atoms with E-state index in [9.17, 15) is 0 Å². The predicted octanol–water partition coefficient (Wildman–Crippen LogP) is 2.48. The van der Waals surface area contributed by atoms with Crippen LogP contribution in [0.4, 0.5) is 0 Å². The molecule has 0 amide bonds. The molecular weight excluding hydrogens is 214 g/mol. The van der Waals surface area contributed by atoms with E-state index in [2.05, 4.69) is 24.4 Å². The summed E-state index contributed by atoms with van der Waals surface area (Å²) in [5, 5.41) is 3.32. The van der Waals surface area contributed by atoms with E-state index in [1.807, 2.05) is 7.05 Å². The van der Waals surface area contributed by atoms with Crippen molar-refractivity contribution >= 4 is 0 Å². The SMILES string of the molecule is CNC1CC(c2cc(OC)c(OC)cc2C)C1. The van der Waals surface area contributed by atoms with Crippen molar-refractivity contribution in [1.82, 2.24) is 5.32 Å². The van der Waals surface area contributed by atoms with Crippen LogP contribution >= 0.6 is 0 Å². The lowest BCUT2D eigenvalue weighted by Crippen LogP contribution is -2.37. The smallest absolute Gasteiger partial charge is 0.161 e. The van der Waals surface area contributed by atoms with Crippen molar-refractivity contribution < 1.29 is 9.47 Å². The fourth-order valence-corrected chi connectivity index (χ4v) is 2.54. The monoisotopic (exact) mass is 235 g/mol. The van der Waals surface area contributed by atoms with Gasteiger partial charge in [0.15, 0.2) is 11.5 Å². The lowest BCUT2D eigenvalue weighted by molar-refractivity contribution is 0.304. The number of nitrogens with one attached hydrogen (secondary N) is 1. The average molecular weight is 235 g/mol. The Hall–Kier alpha value is -1.22. The number of hydrogen-bond donors (Lipinski definition) is 1. The van der Waals surface area contributed by atoms with Gasteiger partial charge in [-0.3, -0.25) is 0 Å². The molecule has 1 aliphatic rings. The zero-order chi connectivity index (χ0) is 12.4. The van der Waals surface area contributed by atoms with Crippen molar-refractivity contribution in [2.24, 2.45) is 0 Å². The Kier molecular flexibility index (Phi) is 3.57. The van der Waals surface area contributed by atoms with Crippen molar-refractivity contribution in [2.75, 3.05) is 21.3 Å². The Morgan fingerprint density at radius 1 is 1.12 bits per heavy atom. The lowest BCUT2D eigenvalue weighted by Gasteiger charge is -2.36. The molecule has 1 aliphatic carbocycles. The molecule has 0 bridgehead atoms. The van der Waals surface area contributed by atoms with Gasteiger partial charge in [0.2, 0.25) is 0 Å². The van der Waals surface area contributed by atoms with Crippen molar-refractivity contribution in [3.8, 4) is 11.5 Å². The average Bonchev–Trinajstić information content (AvgIpc) is 2.29. The molecule has 1 aromatic rings. The van der Waals surface area contributed by atoms with Gasteiger partial charge in [-0.1, -0.05) is 0 Å². The quantitative estimate of drug-likeness (QED) is 0.869. The van der Waals surface area contributed by atoms with E-state index < -0.39 is 0 Å². The summed E-state index contributed by atoms with van der Waals surface area (Å²) in [5.74, 6) is 2.31. The van der Waals surface area contributed by atoms with Crippen LogP contribution in [0.1, 0.15) is 29.9 Å². The van der Waals surface area contributed by atoms with Crippen molar-refractivity contribution in [3.63, 3.8) is 0 Å². The first-order valence-electron chi connectivity index (χ1n) is 6.09. The van der Waals surface area contributed by atoms with Gasteiger partial charge in [0.25, 0.3) is 0 Å². The van der Waals surface area contributed by atoms with Gasteiger partial charge in [0.1, 0.15) is 0 Å². The molecular formula is C14H21NO2. The molecule has 1 aromatic carbocycles. The molecule has 1 fully saturated rings. The lowest BCUT2D eigenvalue weighted by atomic mass is 9.74. The van der Waals surface area contributed by atoms with E-state index in [-0.39, 0.29) is 0 Å². The maximum absolute atomic E-state index is 5.36. The molecule has 2 rings (SSSR count). The minimum absolute atomic E-state index is 0.659. The van der Waals surface area contributed by atoms with Crippen molar-refractivity contribution in [3.05, 3.63) is 23.3 Å². The third-order valence-corrected chi connectivity index (χ3v) is 3.76. The van der Waals surface area contributed by atoms with Crippen LogP contribution in [0.25, 0.3) is 0 Å². The Morgan fingerprint density at radius 3 is 2.24 bits per heavy atom. The third kappa shape index (κ3) is 2.25. The standard InChI is InChI=1S/C14H21NO2/c1-9-5-13(16-3)14(17-4)8-12(9)10-6-11(7-10)15-2/h5,8,10-11,15H,6-7H2,1-4H3. The summed E-state index contributed by atoms with van der Waals surface area (Å²) in [6, 6.07) is 4.87. The summed E-state index contributed by atoms with van der Waals surface area (Å²) in [4.78, 5) is 0. The molecule has 0 aliphatic heterocycles. The molecule has 94 valence electrons. The number of rotatable bonds is 4. The number of hydrogen-bond acceptors (Lipinski definition) is 3. The Bertz CT molecular complexity index is 397. The summed E-state index contributed by atoms with van der Waals surface area (Å²) < 4.78 is 10.7. The van der Waals surface area contributed by atoms with Crippen LogP contribution in [0, 0.1) is 6.92 Å². The Labute approximate surface area is 103 Å². The molecule has 1 saturated carbocycles. The molecule has 1 N–H and O–H groups in total. The number of ether oxygens (including phenoxy) is 2. The minimum Gasteiger partial charge on any atom is -0.493 e. The van der Waals surface area contributed by atoms with Crippen LogP contribution < -0.4 is 14.8 Å². The first kappa shape index (κ1) is 12.2. The van der Waals surface area contributed by atoms with Gasteiger partial charge < -0.3 is 14.8 Å². The minimum atomic E-state index is 0.659. The van der Waals surface area contributed by atoms with E-state index in [1.165, 1.54) is 24.0 Å². The number of benzene rings is 1. The number of aryl methyl sites for hydroxylation is 1. The second kappa shape index (κ2) is 4.96. The van der Waals surface area contributed by atoms with Gasteiger partial charge in [0, 0.05) is 6.04 Å². The van der Waals surface area contributed by atoms with Crippen LogP contribution in [0.15, 0.2) is 12.1 Å². The highest BCUT2D eigenvalue weighted by atomic mass is 16.5. The van der Waals surface area contributed by atoms with Gasteiger partial charge >= 0.3 is 0 Å². The van der Waals surface area contributed by atoms with E-state index in [0.29, 0.717) is 12.0 Å². The molecule has 3 heteroatoms. The molecule has 0 radical (unpaired) electrons. The summed E-state index contributed by atoms with van der Waals surface area (Å²) in [5.41, 5.74) is 2.69. The zero-order valence-electron chi connectivity index (χ0n) is 11.0. The first-order valence-corrected chi connectivity index (χ1v) is 6.09. The van der Waals surface area contributed by atoms with Gasteiger partial charge in [-0.05, 0) is 56.0 Å². The summed E-state index contributed by atoms with van der Waals surface area (Å²) in [6.07, 6.45) is 2.43. The Balaban J connectivity index is 2.23. The first-order chi connectivity index (χ1) is 8.19. The molecule has 0 atom stereocenters. The van der Waals surface area contributed by atoms with Crippen LogP contribution in [-0.2, 0) is 0 Å². The Morgan fingerprint density at radius 2 is 1.71 bits per heavy atom. The fourth-order valence-electron chi connectivity index (χ4n) is 2.54. The normalized spacial score (nSPS) is 23.1. The molecule has 0 spiro atoms. The second-order valence-corrected chi connectivity index (χ2v) is 4.72. The molecule has 0 aromatic heterocycles. The van der Waals surface area contributed by atoms with Crippen LogP contribution in [0.3, 0.4) is 0 Å². The molecule has 0 heterocycles. The summed E-state index contributed by atoms with van der Waals surface area (Å²) in [6.45, 7) is 2.14. The summed E-state index contributed by atoms with van der Waals surface area (Å²) >= 11 is 0. The number of methoxy groups -OCH3 is 2. The highest BCUT2D eigenvalue weighted by molar-refractivity contribution is 5.48. The third-order valence-electron chi connectivity index (χ3n) is 3.76. The second-order valence-electron chi connectivity index (χ2n) is 4.72. The highest BCUT2D eigenvalue weighted by Gasteiger charge is 2.30. The van der Waals surface area contributed by atoms with Crippen LogP contribution in [-0.4, -0.2) is 27.3 Å². The van der Waals surface area contributed by atoms with Gasteiger partial charge in [-0.15, -0.1) is 0 Å². The largest absolute Gasteiger partial charge is 0.493 e. The fraction of sp³-hybridized carbons (Fsp3) is 0.571.